The summed E-state index contributed by atoms with van der Waals surface area (Å²) in [6, 6.07) is 18.2. The predicted molar refractivity (Wildman–Crippen MR) is 66.5 cm³/mol. The van der Waals surface area contributed by atoms with Crippen molar-refractivity contribution < 1.29 is 9.47 Å². The summed E-state index contributed by atoms with van der Waals surface area (Å²) in [5.41, 5.74) is 1.28. The molecule has 0 aliphatic carbocycles. The lowest BCUT2D eigenvalue weighted by atomic mass is 10.1. The standard InChI is InChI=1S/C15H14O2/c1-2-6-12(7-3-1)10-13-11-16-14-8-4-5-9-15(14)17-13/h1-9,13H,10-11H2. The second kappa shape index (κ2) is 4.50. The minimum atomic E-state index is 0.104. The van der Waals surface area contributed by atoms with Gasteiger partial charge in [0, 0.05) is 6.42 Å². The van der Waals surface area contributed by atoms with Crippen LogP contribution in [0, 0.1) is 0 Å². The lowest BCUT2D eigenvalue weighted by molar-refractivity contribution is 0.0913. The van der Waals surface area contributed by atoms with E-state index in [0.717, 1.165) is 17.9 Å². The molecule has 0 bridgehead atoms. The number of rotatable bonds is 2. The topological polar surface area (TPSA) is 18.5 Å². The Morgan fingerprint density at radius 3 is 2.41 bits per heavy atom. The summed E-state index contributed by atoms with van der Waals surface area (Å²) in [5, 5.41) is 0. The molecule has 1 unspecified atom stereocenters. The number of ether oxygens (including phenoxy) is 2. The molecule has 2 heteroatoms. The molecule has 2 nitrogen and oxygen atoms in total. The summed E-state index contributed by atoms with van der Waals surface area (Å²) >= 11 is 0. The van der Waals surface area contributed by atoms with Crippen LogP contribution in [0.4, 0.5) is 0 Å². The lowest BCUT2D eigenvalue weighted by Crippen LogP contribution is -2.30. The van der Waals surface area contributed by atoms with Crippen LogP contribution < -0.4 is 9.47 Å². The molecule has 86 valence electrons. The Kier molecular flexibility index (Phi) is 2.70. The number of hydrogen-bond acceptors (Lipinski definition) is 2. The fourth-order valence-electron chi connectivity index (χ4n) is 2.04. The van der Waals surface area contributed by atoms with Gasteiger partial charge in [-0.05, 0) is 17.7 Å². The molecule has 0 N–H and O–H groups in total. The van der Waals surface area contributed by atoms with E-state index in [9.17, 15) is 0 Å². The molecular formula is C15H14O2. The SMILES string of the molecule is c1ccc(CC2COc3ccccc3O2)cc1. The molecule has 0 radical (unpaired) electrons. The molecule has 1 heterocycles. The van der Waals surface area contributed by atoms with Crippen LogP contribution in [0.1, 0.15) is 5.56 Å². The zero-order chi connectivity index (χ0) is 11.5. The number of fused-ring (bicyclic) bond motifs is 1. The van der Waals surface area contributed by atoms with Gasteiger partial charge < -0.3 is 9.47 Å². The van der Waals surface area contributed by atoms with Gasteiger partial charge in [0.25, 0.3) is 0 Å². The zero-order valence-electron chi connectivity index (χ0n) is 9.50. The quantitative estimate of drug-likeness (QED) is 0.783. The summed E-state index contributed by atoms with van der Waals surface area (Å²) in [4.78, 5) is 0. The van der Waals surface area contributed by atoms with Crippen molar-refractivity contribution in [3.63, 3.8) is 0 Å². The molecule has 0 saturated heterocycles. The fraction of sp³-hybridized carbons (Fsp3) is 0.200. The normalized spacial score (nSPS) is 17.8. The lowest BCUT2D eigenvalue weighted by Gasteiger charge is -2.26. The smallest absolute Gasteiger partial charge is 0.161 e. The van der Waals surface area contributed by atoms with E-state index in [2.05, 4.69) is 12.1 Å². The monoisotopic (exact) mass is 226 g/mol. The maximum atomic E-state index is 5.91. The Morgan fingerprint density at radius 1 is 0.882 bits per heavy atom. The van der Waals surface area contributed by atoms with Crippen molar-refractivity contribution in [3.05, 3.63) is 60.2 Å². The summed E-state index contributed by atoms with van der Waals surface area (Å²) in [7, 11) is 0. The van der Waals surface area contributed by atoms with E-state index in [1.54, 1.807) is 0 Å². The fourth-order valence-corrected chi connectivity index (χ4v) is 2.04. The third-order valence-corrected chi connectivity index (χ3v) is 2.87. The van der Waals surface area contributed by atoms with Crippen LogP contribution in [0.2, 0.25) is 0 Å². The van der Waals surface area contributed by atoms with Gasteiger partial charge in [-0.15, -0.1) is 0 Å². The highest BCUT2D eigenvalue weighted by atomic mass is 16.6. The van der Waals surface area contributed by atoms with E-state index >= 15 is 0 Å². The van der Waals surface area contributed by atoms with Crippen LogP contribution >= 0.6 is 0 Å². The van der Waals surface area contributed by atoms with Crippen molar-refractivity contribution >= 4 is 0 Å². The van der Waals surface area contributed by atoms with Gasteiger partial charge in [0.05, 0.1) is 0 Å². The molecule has 0 saturated carbocycles. The van der Waals surface area contributed by atoms with Gasteiger partial charge in [0.1, 0.15) is 12.7 Å². The predicted octanol–water partition coefficient (Wildman–Crippen LogP) is 3.07. The van der Waals surface area contributed by atoms with Crippen molar-refractivity contribution in [2.45, 2.75) is 12.5 Å². The second-order valence-corrected chi connectivity index (χ2v) is 4.19. The number of hydrogen-bond donors (Lipinski definition) is 0. The first-order valence-electron chi connectivity index (χ1n) is 5.84. The van der Waals surface area contributed by atoms with Crippen molar-refractivity contribution in [1.82, 2.24) is 0 Å². The summed E-state index contributed by atoms with van der Waals surface area (Å²) in [5.74, 6) is 1.69. The minimum absolute atomic E-state index is 0.104. The van der Waals surface area contributed by atoms with E-state index in [1.165, 1.54) is 5.56 Å². The van der Waals surface area contributed by atoms with Crippen LogP contribution in [0.15, 0.2) is 54.6 Å². The third kappa shape index (κ3) is 2.26. The number of benzene rings is 2. The third-order valence-electron chi connectivity index (χ3n) is 2.87. The van der Waals surface area contributed by atoms with Gasteiger partial charge in [0.15, 0.2) is 11.5 Å². The van der Waals surface area contributed by atoms with Crippen LogP contribution in [0.5, 0.6) is 11.5 Å². The average Bonchev–Trinajstić information content (AvgIpc) is 2.40. The van der Waals surface area contributed by atoms with Gasteiger partial charge in [-0.2, -0.15) is 0 Å². The molecule has 1 atom stereocenters. The maximum absolute atomic E-state index is 5.91. The van der Waals surface area contributed by atoms with E-state index in [4.69, 9.17) is 9.47 Å². The molecule has 1 aliphatic heterocycles. The van der Waals surface area contributed by atoms with Gasteiger partial charge >= 0.3 is 0 Å². The summed E-state index contributed by atoms with van der Waals surface area (Å²) < 4.78 is 11.6. The molecule has 1 aliphatic rings. The molecule has 3 rings (SSSR count). The first kappa shape index (κ1) is 10.2. The Morgan fingerprint density at radius 2 is 1.59 bits per heavy atom. The Labute approximate surface area is 101 Å². The Hall–Kier alpha value is -1.96. The van der Waals surface area contributed by atoms with Crippen LogP contribution in [-0.4, -0.2) is 12.7 Å². The largest absolute Gasteiger partial charge is 0.486 e. The van der Waals surface area contributed by atoms with Gasteiger partial charge in [-0.3, -0.25) is 0 Å². The first-order chi connectivity index (χ1) is 8.42. The molecule has 0 aromatic heterocycles. The Balaban J connectivity index is 1.72. The molecule has 2 aromatic rings. The van der Waals surface area contributed by atoms with Gasteiger partial charge in [-0.1, -0.05) is 42.5 Å². The highest BCUT2D eigenvalue weighted by Crippen LogP contribution is 2.31. The molecule has 0 amide bonds. The average molecular weight is 226 g/mol. The van der Waals surface area contributed by atoms with Crippen LogP contribution in [-0.2, 0) is 6.42 Å². The molecule has 0 spiro atoms. The van der Waals surface area contributed by atoms with E-state index < -0.39 is 0 Å². The first-order valence-corrected chi connectivity index (χ1v) is 5.84. The van der Waals surface area contributed by atoms with Gasteiger partial charge in [0.2, 0.25) is 0 Å². The Bertz CT molecular complexity index is 493. The summed E-state index contributed by atoms with van der Waals surface area (Å²) in [6.07, 6.45) is 0.988. The van der Waals surface area contributed by atoms with E-state index in [1.807, 2.05) is 42.5 Å². The van der Waals surface area contributed by atoms with E-state index in [0.29, 0.717) is 6.61 Å². The van der Waals surface area contributed by atoms with Crippen LogP contribution in [0.25, 0.3) is 0 Å². The van der Waals surface area contributed by atoms with Gasteiger partial charge in [-0.25, -0.2) is 0 Å². The highest BCUT2D eigenvalue weighted by Gasteiger charge is 2.20. The van der Waals surface area contributed by atoms with Crippen molar-refractivity contribution in [1.29, 1.82) is 0 Å². The minimum Gasteiger partial charge on any atom is -0.486 e. The number of para-hydroxylation sites is 2. The molecular weight excluding hydrogens is 212 g/mol. The van der Waals surface area contributed by atoms with Crippen molar-refractivity contribution in [2.75, 3.05) is 6.61 Å². The molecule has 0 fully saturated rings. The summed E-state index contributed by atoms with van der Waals surface area (Å²) in [6.45, 7) is 0.617. The highest BCUT2D eigenvalue weighted by molar-refractivity contribution is 5.40. The maximum Gasteiger partial charge on any atom is 0.161 e. The zero-order valence-corrected chi connectivity index (χ0v) is 9.50. The second-order valence-electron chi connectivity index (χ2n) is 4.19. The van der Waals surface area contributed by atoms with E-state index in [-0.39, 0.29) is 6.10 Å². The molecule has 2 aromatic carbocycles. The van der Waals surface area contributed by atoms with Crippen molar-refractivity contribution in [3.8, 4) is 11.5 Å². The van der Waals surface area contributed by atoms with Crippen LogP contribution in [0.3, 0.4) is 0 Å². The molecule has 17 heavy (non-hydrogen) atoms. The van der Waals surface area contributed by atoms with Crippen molar-refractivity contribution in [2.24, 2.45) is 0 Å².